The molecule has 1 heterocycles. The minimum absolute atomic E-state index is 0.456. The van der Waals surface area contributed by atoms with Gasteiger partial charge in [-0.25, -0.2) is 0 Å². The Balaban J connectivity index is 1.85. The quantitative estimate of drug-likeness (QED) is 0.783. The van der Waals surface area contributed by atoms with Crippen molar-refractivity contribution < 1.29 is 9.47 Å². The van der Waals surface area contributed by atoms with E-state index in [1.807, 2.05) is 30.3 Å². The summed E-state index contributed by atoms with van der Waals surface area (Å²) in [5.41, 5.74) is 3.30. The highest BCUT2D eigenvalue weighted by Gasteiger charge is 2.17. The number of benzene rings is 2. The van der Waals surface area contributed by atoms with Gasteiger partial charge in [0.25, 0.3) is 0 Å². The normalized spacial score (nSPS) is 13.8. The molecule has 0 radical (unpaired) electrons. The Morgan fingerprint density at radius 2 is 2.09 bits per heavy atom. The second-order valence-corrected chi connectivity index (χ2v) is 6.73. The van der Waals surface area contributed by atoms with Gasteiger partial charge in [-0.2, -0.15) is 0 Å². The lowest BCUT2D eigenvalue weighted by molar-refractivity contribution is 0.284. The fraction of sp³-hybridized carbons (Fsp3) is 0.278. The Kier molecular flexibility index (Phi) is 5.13. The number of methoxy groups -OCH3 is 1. The molecular formula is C18H18ClNO2S. The highest BCUT2D eigenvalue weighted by molar-refractivity contribution is 8.14. The summed E-state index contributed by atoms with van der Waals surface area (Å²) in [5.74, 6) is 2.22. The van der Waals surface area contributed by atoms with Crippen molar-refractivity contribution in [2.24, 2.45) is 4.99 Å². The van der Waals surface area contributed by atoms with Gasteiger partial charge in [-0.05, 0) is 30.2 Å². The molecule has 1 aliphatic rings. The van der Waals surface area contributed by atoms with Gasteiger partial charge >= 0.3 is 0 Å². The molecule has 0 fully saturated rings. The van der Waals surface area contributed by atoms with Crippen molar-refractivity contribution in [1.29, 1.82) is 0 Å². The van der Waals surface area contributed by atoms with Gasteiger partial charge < -0.3 is 9.47 Å². The van der Waals surface area contributed by atoms with Crippen LogP contribution in [0.25, 0.3) is 0 Å². The molecule has 120 valence electrons. The van der Waals surface area contributed by atoms with Gasteiger partial charge in [0.1, 0.15) is 6.61 Å². The van der Waals surface area contributed by atoms with E-state index in [1.54, 1.807) is 18.9 Å². The first-order valence-electron chi connectivity index (χ1n) is 7.41. The minimum atomic E-state index is 0.456. The van der Waals surface area contributed by atoms with Gasteiger partial charge in [-0.15, -0.1) is 11.8 Å². The van der Waals surface area contributed by atoms with Gasteiger partial charge in [-0.3, -0.25) is 4.99 Å². The molecule has 0 atom stereocenters. The largest absolute Gasteiger partial charge is 0.493 e. The molecule has 3 nitrogen and oxygen atoms in total. The molecule has 0 spiro atoms. The molecule has 2 aromatic rings. The molecule has 3 rings (SSSR count). The van der Waals surface area contributed by atoms with E-state index >= 15 is 0 Å². The Morgan fingerprint density at radius 3 is 2.78 bits per heavy atom. The van der Waals surface area contributed by atoms with Crippen LogP contribution in [-0.4, -0.2) is 24.5 Å². The molecule has 5 heteroatoms. The summed E-state index contributed by atoms with van der Waals surface area (Å²) in [5, 5.41) is 1.55. The molecule has 0 amide bonds. The summed E-state index contributed by atoms with van der Waals surface area (Å²) in [6.07, 6.45) is 0. The average Bonchev–Trinajstić information content (AvgIpc) is 3.09. The molecular weight excluding hydrogens is 330 g/mol. The zero-order valence-corrected chi connectivity index (χ0v) is 14.7. The van der Waals surface area contributed by atoms with Crippen LogP contribution in [0.3, 0.4) is 0 Å². The van der Waals surface area contributed by atoms with Crippen molar-refractivity contribution in [3.63, 3.8) is 0 Å². The number of hydrogen-bond donors (Lipinski definition) is 0. The molecule has 0 bridgehead atoms. The molecule has 0 saturated heterocycles. The van der Waals surface area contributed by atoms with Gasteiger partial charge in [-0.1, -0.05) is 35.9 Å². The zero-order valence-electron chi connectivity index (χ0n) is 13.1. The van der Waals surface area contributed by atoms with Crippen LogP contribution in [0, 0.1) is 6.92 Å². The van der Waals surface area contributed by atoms with Crippen LogP contribution < -0.4 is 9.47 Å². The van der Waals surface area contributed by atoms with E-state index in [-0.39, 0.29) is 0 Å². The molecule has 23 heavy (non-hydrogen) atoms. The van der Waals surface area contributed by atoms with Gasteiger partial charge in [0.15, 0.2) is 11.5 Å². The maximum Gasteiger partial charge on any atom is 0.180 e. The first kappa shape index (κ1) is 16.2. The summed E-state index contributed by atoms with van der Waals surface area (Å²) in [6.45, 7) is 3.37. The second kappa shape index (κ2) is 7.28. The van der Waals surface area contributed by atoms with E-state index in [0.29, 0.717) is 23.1 Å². The Hall–Kier alpha value is -1.65. The van der Waals surface area contributed by atoms with E-state index in [1.165, 1.54) is 5.56 Å². The number of nitrogens with zero attached hydrogens (tertiary/aromatic N) is 1. The van der Waals surface area contributed by atoms with Crippen LogP contribution in [0.15, 0.2) is 41.4 Å². The van der Waals surface area contributed by atoms with Crippen LogP contribution >= 0.6 is 23.4 Å². The highest BCUT2D eigenvalue weighted by atomic mass is 35.5. The third-order valence-electron chi connectivity index (χ3n) is 3.70. The minimum Gasteiger partial charge on any atom is -0.493 e. The SMILES string of the molecule is COc1cc(C2=NCCS2)cc(Cl)c1OCc1ccccc1C. The number of ether oxygens (including phenoxy) is 2. The first-order chi connectivity index (χ1) is 11.2. The molecule has 1 aliphatic heterocycles. The number of halogens is 1. The second-order valence-electron chi connectivity index (χ2n) is 5.24. The van der Waals surface area contributed by atoms with Crippen LogP contribution in [0.1, 0.15) is 16.7 Å². The summed E-state index contributed by atoms with van der Waals surface area (Å²) in [6, 6.07) is 12.0. The number of aliphatic imine (C=N–C) groups is 1. The molecule has 0 unspecified atom stereocenters. The van der Waals surface area contributed by atoms with Crippen molar-refractivity contribution >= 4 is 28.4 Å². The van der Waals surface area contributed by atoms with Crippen molar-refractivity contribution in [3.05, 3.63) is 58.1 Å². The van der Waals surface area contributed by atoms with E-state index in [2.05, 4.69) is 18.0 Å². The highest BCUT2D eigenvalue weighted by Crippen LogP contribution is 2.38. The number of aryl methyl sites for hydroxylation is 1. The monoisotopic (exact) mass is 347 g/mol. The predicted molar refractivity (Wildman–Crippen MR) is 97.4 cm³/mol. The van der Waals surface area contributed by atoms with Gasteiger partial charge in [0, 0.05) is 17.9 Å². The first-order valence-corrected chi connectivity index (χ1v) is 8.78. The standard InChI is InChI=1S/C18H18ClNO2S/c1-12-5-3-4-6-13(12)11-22-17-15(19)9-14(10-16(17)21-2)18-20-7-8-23-18/h3-6,9-10H,7-8,11H2,1-2H3. The lowest BCUT2D eigenvalue weighted by Gasteiger charge is -2.15. The molecule has 0 aliphatic carbocycles. The Bertz CT molecular complexity index is 746. The third kappa shape index (κ3) is 3.65. The van der Waals surface area contributed by atoms with E-state index in [9.17, 15) is 0 Å². The summed E-state index contributed by atoms with van der Waals surface area (Å²) < 4.78 is 11.4. The van der Waals surface area contributed by atoms with E-state index < -0.39 is 0 Å². The fourth-order valence-corrected chi connectivity index (χ4v) is 3.52. The molecule has 0 N–H and O–H groups in total. The van der Waals surface area contributed by atoms with Crippen molar-refractivity contribution in [1.82, 2.24) is 0 Å². The average molecular weight is 348 g/mol. The van der Waals surface area contributed by atoms with E-state index in [4.69, 9.17) is 21.1 Å². The predicted octanol–water partition coefficient (Wildman–Crippen LogP) is 4.73. The van der Waals surface area contributed by atoms with Gasteiger partial charge in [0.05, 0.1) is 17.2 Å². The van der Waals surface area contributed by atoms with Crippen LogP contribution in [0.5, 0.6) is 11.5 Å². The third-order valence-corrected chi connectivity index (χ3v) is 5.00. The van der Waals surface area contributed by atoms with Crippen LogP contribution in [-0.2, 0) is 6.61 Å². The van der Waals surface area contributed by atoms with Gasteiger partial charge in [0.2, 0.25) is 0 Å². The molecule has 2 aromatic carbocycles. The van der Waals surface area contributed by atoms with Crippen molar-refractivity contribution in [2.45, 2.75) is 13.5 Å². The Morgan fingerprint density at radius 1 is 1.26 bits per heavy atom. The lowest BCUT2D eigenvalue weighted by Crippen LogP contribution is -2.02. The number of rotatable bonds is 5. The Labute approximate surface area is 145 Å². The van der Waals surface area contributed by atoms with Crippen molar-refractivity contribution in [3.8, 4) is 11.5 Å². The maximum absolute atomic E-state index is 6.43. The number of hydrogen-bond acceptors (Lipinski definition) is 4. The fourth-order valence-electron chi connectivity index (χ4n) is 2.42. The summed E-state index contributed by atoms with van der Waals surface area (Å²) >= 11 is 8.16. The smallest absolute Gasteiger partial charge is 0.180 e. The van der Waals surface area contributed by atoms with E-state index in [0.717, 1.165) is 28.5 Å². The molecule has 0 saturated carbocycles. The van der Waals surface area contributed by atoms with Crippen molar-refractivity contribution in [2.75, 3.05) is 19.4 Å². The number of thioether (sulfide) groups is 1. The van der Waals surface area contributed by atoms with Crippen LogP contribution in [0.4, 0.5) is 0 Å². The van der Waals surface area contributed by atoms with Crippen LogP contribution in [0.2, 0.25) is 5.02 Å². The summed E-state index contributed by atoms with van der Waals surface area (Å²) in [7, 11) is 1.62. The zero-order chi connectivity index (χ0) is 16.2. The summed E-state index contributed by atoms with van der Waals surface area (Å²) in [4.78, 5) is 4.48. The maximum atomic E-state index is 6.43. The lowest BCUT2D eigenvalue weighted by atomic mass is 10.1. The topological polar surface area (TPSA) is 30.8 Å². The molecule has 0 aromatic heterocycles.